The van der Waals surface area contributed by atoms with Crippen LogP contribution < -0.4 is 5.73 Å². The first-order valence-corrected chi connectivity index (χ1v) is 10.8. The number of hydrogen-bond acceptors (Lipinski definition) is 5. The predicted octanol–water partition coefficient (Wildman–Crippen LogP) is 1.72. The first kappa shape index (κ1) is 23.1. The van der Waals surface area contributed by atoms with Gasteiger partial charge in [-0.05, 0) is 50.4 Å². The molecule has 2 N–H and O–H groups in total. The van der Waals surface area contributed by atoms with Crippen LogP contribution in [0.4, 0.5) is 0 Å². The smallest absolute Gasteiger partial charge is 0.253 e. The number of carbonyl (C=O) groups excluding carboxylic acids is 1. The van der Waals surface area contributed by atoms with E-state index in [0.29, 0.717) is 38.3 Å². The number of ether oxygens (including phenoxy) is 1. The van der Waals surface area contributed by atoms with Crippen LogP contribution in [0.3, 0.4) is 0 Å². The lowest BCUT2D eigenvalue weighted by atomic mass is 9.90. The summed E-state index contributed by atoms with van der Waals surface area (Å²) in [7, 11) is -3.67. The molecule has 0 saturated carbocycles. The molecule has 0 radical (unpaired) electrons. The molecule has 0 spiro atoms. The molecule has 2 heterocycles. The number of nitrogens with zero attached hydrogens (tertiary/aromatic N) is 2. The minimum Gasteiger partial charge on any atom is -0.373 e. The third-order valence-electron chi connectivity index (χ3n) is 5.44. The lowest BCUT2D eigenvalue weighted by molar-refractivity contribution is -0.0440. The van der Waals surface area contributed by atoms with Gasteiger partial charge in [-0.1, -0.05) is 13.0 Å². The molecule has 7 nitrogen and oxygen atoms in total. The van der Waals surface area contributed by atoms with Gasteiger partial charge < -0.3 is 15.4 Å². The van der Waals surface area contributed by atoms with Gasteiger partial charge in [0.05, 0.1) is 17.1 Å². The Labute approximate surface area is 173 Å². The first-order chi connectivity index (χ1) is 12.6. The van der Waals surface area contributed by atoms with Gasteiger partial charge in [0.15, 0.2) is 0 Å². The van der Waals surface area contributed by atoms with E-state index >= 15 is 0 Å². The normalized spacial score (nSPS) is 28.8. The fraction of sp³-hybridized carbons (Fsp3) is 0.632. The Balaban J connectivity index is 0.00000280. The molecule has 1 amide bonds. The molecule has 3 unspecified atom stereocenters. The second kappa shape index (κ2) is 8.67. The predicted molar refractivity (Wildman–Crippen MR) is 110 cm³/mol. The van der Waals surface area contributed by atoms with Crippen molar-refractivity contribution in [1.82, 2.24) is 9.21 Å². The highest BCUT2D eigenvalue weighted by Crippen LogP contribution is 2.30. The van der Waals surface area contributed by atoms with Crippen molar-refractivity contribution in [2.75, 3.05) is 32.7 Å². The molecule has 0 aliphatic carbocycles. The zero-order chi connectivity index (χ0) is 19.8. The second-order valence-electron chi connectivity index (χ2n) is 8.10. The number of carbonyl (C=O) groups is 1. The number of sulfonamides is 1. The van der Waals surface area contributed by atoms with E-state index in [1.807, 2.05) is 13.8 Å². The maximum atomic E-state index is 13.1. The van der Waals surface area contributed by atoms with E-state index in [4.69, 9.17) is 10.5 Å². The summed E-state index contributed by atoms with van der Waals surface area (Å²) in [6, 6.07) is 6.33. The van der Waals surface area contributed by atoms with Crippen LogP contribution in [0.2, 0.25) is 0 Å². The van der Waals surface area contributed by atoms with Crippen molar-refractivity contribution >= 4 is 28.3 Å². The van der Waals surface area contributed by atoms with Gasteiger partial charge >= 0.3 is 0 Å². The van der Waals surface area contributed by atoms with E-state index in [1.54, 1.807) is 23.1 Å². The van der Waals surface area contributed by atoms with E-state index < -0.39 is 10.0 Å². The Morgan fingerprint density at radius 1 is 1.29 bits per heavy atom. The average molecular weight is 432 g/mol. The standard InChI is InChI=1S/C19H29N3O4S.ClH/c1-14-10-22(11-15(2)26-14)27(24,25)17-6-4-5-16(9-17)18(23)21-8-7-19(3,12-20)13-21;/h4-6,9,14-15H,7-8,10-13,20H2,1-3H3;1H. The molecule has 2 aliphatic rings. The fourth-order valence-corrected chi connectivity index (χ4v) is 5.45. The molecule has 2 aliphatic heterocycles. The van der Waals surface area contributed by atoms with E-state index in [-0.39, 0.29) is 40.8 Å². The van der Waals surface area contributed by atoms with E-state index in [2.05, 4.69) is 6.92 Å². The minimum absolute atomic E-state index is 0. The fourth-order valence-electron chi connectivity index (χ4n) is 3.81. The summed E-state index contributed by atoms with van der Waals surface area (Å²) in [5.41, 5.74) is 6.15. The lowest BCUT2D eigenvalue weighted by Crippen LogP contribution is -2.48. The maximum Gasteiger partial charge on any atom is 0.253 e. The molecule has 2 fully saturated rings. The molecular weight excluding hydrogens is 402 g/mol. The summed E-state index contributed by atoms with van der Waals surface area (Å²) in [4.78, 5) is 14.8. The number of rotatable bonds is 4. The summed E-state index contributed by atoms with van der Waals surface area (Å²) >= 11 is 0. The number of benzene rings is 1. The van der Waals surface area contributed by atoms with E-state index in [9.17, 15) is 13.2 Å². The quantitative estimate of drug-likeness (QED) is 0.783. The molecule has 3 rings (SSSR count). The van der Waals surface area contributed by atoms with Gasteiger partial charge in [0.25, 0.3) is 5.91 Å². The van der Waals surface area contributed by atoms with Crippen LogP contribution in [0, 0.1) is 5.41 Å². The molecule has 28 heavy (non-hydrogen) atoms. The number of amides is 1. The third-order valence-corrected chi connectivity index (χ3v) is 7.27. The summed E-state index contributed by atoms with van der Waals surface area (Å²) < 4.78 is 33.2. The van der Waals surface area contributed by atoms with Crippen LogP contribution in [-0.4, -0.2) is 68.5 Å². The molecule has 1 aromatic rings. The Morgan fingerprint density at radius 2 is 1.93 bits per heavy atom. The van der Waals surface area contributed by atoms with Gasteiger partial charge in [-0.25, -0.2) is 8.42 Å². The van der Waals surface area contributed by atoms with E-state index in [0.717, 1.165) is 6.42 Å². The highest BCUT2D eigenvalue weighted by Gasteiger charge is 2.36. The second-order valence-corrected chi connectivity index (χ2v) is 10.0. The SMILES string of the molecule is CC1CN(S(=O)(=O)c2cccc(C(=O)N3CCC(C)(CN)C3)c2)CC(C)O1.Cl. The van der Waals surface area contributed by atoms with Crippen molar-refractivity contribution in [2.45, 2.75) is 44.3 Å². The van der Waals surface area contributed by atoms with Crippen molar-refractivity contribution < 1.29 is 17.9 Å². The largest absolute Gasteiger partial charge is 0.373 e. The van der Waals surface area contributed by atoms with Crippen molar-refractivity contribution in [3.05, 3.63) is 29.8 Å². The topological polar surface area (TPSA) is 92.9 Å². The highest BCUT2D eigenvalue weighted by molar-refractivity contribution is 7.89. The number of nitrogens with two attached hydrogens (primary N) is 1. The van der Waals surface area contributed by atoms with Crippen molar-refractivity contribution in [1.29, 1.82) is 0 Å². The number of likely N-dealkylation sites (tertiary alicyclic amines) is 1. The Hall–Kier alpha value is -1.19. The average Bonchev–Trinajstić information content (AvgIpc) is 3.03. The van der Waals surface area contributed by atoms with Gasteiger partial charge in [-0.2, -0.15) is 4.31 Å². The Morgan fingerprint density at radius 3 is 2.50 bits per heavy atom. The van der Waals surface area contributed by atoms with Gasteiger partial charge in [-0.3, -0.25) is 4.79 Å². The van der Waals surface area contributed by atoms with Crippen LogP contribution in [0.15, 0.2) is 29.2 Å². The number of morpholine rings is 1. The van der Waals surface area contributed by atoms with Crippen LogP contribution in [0.25, 0.3) is 0 Å². The summed E-state index contributed by atoms with van der Waals surface area (Å²) in [5.74, 6) is -0.145. The minimum atomic E-state index is -3.67. The first-order valence-electron chi connectivity index (χ1n) is 9.40. The molecule has 3 atom stereocenters. The van der Waals surface area contributed by atoms with Gasteiger partial charge in [0.2, 0.25) is 10.0 Å². The van der Waals surface area contributed by atoms with Crippen LogP contribution >= 0.6 is 12.4 Å². The molecule has 2 saturated heterocycles. The van der Waals surface area contributed by atoms with Gasteiger partial charge in [0, 0.05) is 31.7 Å². The van der Waals surface area contributed by atoms with Crippen LogP contribution in [-0.2, 0) is 14.8 Å². The third kappa shape index (κ3) is 4.68. The number of halogens is 1. The number of hydrogen-bond donors (Lipinski definition) is 1. The lowest BCUT2D eigenvalue weighted by Gasteiger charge is -2.34. The molecular formula is C19H30ClN3O4S. The monoisotopic (exact) mass is 431 g/mol. The summed E-state index contributed by atoms with van der Waals surface area (Å²) in [6.07, 6.45) is 0.537. The molecule has 0 bridgehead atoms. The summed E-state index contributed by atoms with van der Waals surface area (Å²) in [5, 5.41) is 0. The van der Waals surface area contributed by atoms with Crippen molar-refractivity contribution in [3.8, 4) is 0 Å². The van der Waals surface area contributed by atoms with Crippen LogP contribution in [0.5, 0.6) is 0 Å². The van der Waals surface area contributed by atoms with Crippen LogP contribution in [0.1, 0.15) is 37.6 Å². The maximum absolute atomic E-state index is 13.1. The van der Waals surface area contributed by atoms with Crippen molar-refractivity contribution in [3.63, 3.8) is 0 Å². The molecule has 1 aromatic carbocycles. The molecule has 0 aromatic heterocycles. The van der Waals surface area contributed by atoms with Crippen molar-refractivity contribution in [2.24, 2.45) is 11.1 Å². The highest BCUT2D eigenvalue weighted by atomic mass is 35.5. The van der Waals surface area contributed by atoms with Gasteiger partial charge in [-0.15, -0.1) is 12.4 Å². The van der Waals surface area contributed by atoms with E-state index in [1.165, 1.54) is 10.4 Å². The Kier molecular flexibility index (Phi) is 7.15. The molecule has 9 heteroatoms. The Bertz CT molecular complexity index is 809. The van der Waals surface area contributed by atoms with Gasteiger partial charge in [0.1, 0.15) is 0 Å². The summed E-state index contributed by atoms with van der Waals surface area (Å²) in [6.45, 7) is 8.18. The zero-order valence-corrected chi connectivity index (χ0v) is 18.3. The zero-order valence-electron chi connectivity index (χ0n) is 16.6. The molecule has 158 valence electrons.